The minimum atomic E-state index is -0.505. The zero-order chi connectivity index (χ0) is 19.2. The van der Waals surface area contributed by atoms with Gasteiger partial charge in [0.25, 0.3) is 0 Å². The number of aromatic nitrogens is 1. The van der Waals surface area contributed by atoms with Gasteiger partial charge in [0.05, 0.1) is 23.4 Å². The molecule has 1 heterocycles. The van der Waals surface area contributed by atoms with E-state index in [4.69, 9.17) is 14.2 Å². The van der Waals surface area contributed by atoms with Gasteiger partial charge in [-0.2, -0.15) is 0 Å². The third kappa shape index (κ3) is 4.23. The fourth-order valence-corrected chi connectivity index (χ4v) is 2.87. The minimum absolute atomic E-state index is 0.00808. The Morgan fingerprint density at radius 3 is 2.59 bits per heavy atom. The Labute approximate surface area is 156 Å². The van der Waals surface area contributed by atoms with Crippen molar-refractivity contribution < 1.29 is 23.4 Å². The SMILES string of the molecule is COCc1nc2ccccc2c(C)c1C(=O)OCCOc1ccccc1F. The molecule has 1 aromatic heterocycles. The van der Waals surface area contributed by atoms with Gasteiger partial charge in [-0.25, -0.2) is 14.2 Å². The molecule has 0 unspecified atom stereocenters. The van der Waals surface area contributed by atoms with Crippen LogP contribution in [0, 0.1) is 12.7 Å². The van der Waals surface area contributed by atoms with E-state index in [0.29, 0.717) is 11.3 Å². The maximum absolute atomic E-state index is 13.5. The first kappa shape index (κ1) is 18.8. The van der Waals surface area contributed by atoms with Gasteiger partial charge in [-0.05, 0) is 30.7 Å². The quantitative estimate of drug-likeness (QED) is 0.464. The molecule has 0 saturated heterocycles. The van der Waals surface area contributed by atoms with Gasteiger partial charge in [-0.3, -0.25) is 0 Å². The molecule has 0 radical (unpaired) electrons. The number of nitrogens with zero attached hydrogens (tertiary/aromatic N) is 1. The highest BCUT2D eigenvalue weighted by molar-refractivity contribution is 5.98. The first-order chi connectivity index (χ1) is 13.1. The first-order valence-corrected chi connectivity index (χ1v) is 8.53. The fourth-order valence-electron chi connectivity index (χ4n) is 2.87. The van der Waals surface area contributed by atoms with Gasteiger partial charge in [-0.1, -0.05) is 30.3 Å². The maximum atomic E-state index is 13.5. The summed E-state index contributed by atoms with van der Waals surface area (Å²) in [7, 11) is 1.55. The van der Waals surface area contributed by atoms with E-state index in [-0.39, 0.29) is 25.6 Å². The Balaban J connectivity index is 1.73. The van der Waals surface area contributed by atoms with Crippen LogP contribution >= 0.6 is 0 Å². The van der Waals surface area contributed by atoms with Crippen molar-refractivity contribution in [1.82, 2.24) is 4.98 Å². The summed E-state index contributed by atoms with van der Waals surface area (Å²) in [5, 5.41) is 0.881. The average molecular weight is 369 g/mol. The predicted octanol–water partition coefficient (Wildman–Crippen LogP) is 4.06. The number of methoxy groups -OCH3 is 1. The molecule has 0 saturated carbocycles. The second-order valence-corrected chi connectivity index (χ2v) is 5.92. The van der Waals surface area contributed by atoms with Gasteiger partial charge in [0, 0.05) is 12.5 Å². The van der Waals surface area contributed by atoms with Crippen LogP contribution in [0.5, 0.6) is 5.75 Å². The van der Waals surface area contributed by atoms with Crippen LogP contribution in [0.15, 0.2) is 48.5 Å². The number of hydrogen-bond donors (Lipinski definition) is 0. The third-order valence-corrected chi connectivity index (χ3v) is 4.12. The van der Waals surface area contributed by atoms with Crippen LogP contribution in [0.2, 0.25) is 0 Å². The van der Waals surface area contributed by atoms with E-state index in [1.54, 1.807) is 19.2 Å². The Kier molecular flexibility index (Phi) is 5.98. The number of halogens is 1. The lowest BCUT2D eigenvalue weighted by atomic mass is 10.0. The first-order valence-electron chi connectivity index (χ1n) is 8.53. The Bertz CT molecular complexity index is 958. The standard InChI is InChI=1S/C21H20FNO4/c1-14-15-7-3-5-9-17(15)23-18(13-25-2)20(14)21(24)27-12-11-26-19-10-6-4-8-16(19)22/h3-10H,11-13H2,1-2H3. The number of benzene rings is 2. The average Bonchev–Trinajstić information content (AvgIpc) is 2.67. The number of rotatable bonds is 7. The van der Waals surface area contributed by atoms with Gasteiger partial charge >= 0.3 is 5.97 Å². The fraction of sp³-hybridized carbons (Fsp3) is 0.238. The largest absolute Gasteiger partial charge is 0.487 e. The van der Waals surface area contributed by atoms with Gasteiger partial charge in [0.15, 0.2) is 11.6 Å². The molecule has 140 valence electrons. The van der Waals surface area contributed by atoms with Crippen LogP contribution < -0.4 is 4.74 Å². The molecule has 0 aliphatic heterocycles. The molecule has 0 aliphatic rings. The second-order valence-electron chi connectivity index (χ2n) is 5.92. The molecule has 0 N–H and O–H groups in total. The summed E-state index contributed by atoms with van der Waals surface area (Å²) in [6.07, 6.45) is 0. The number of carbonyl (C=O) groups is 1. The number of para-hydroxylation sites is 2. The van der Waals surface area contributed by atoms with Crippen LogP contribution in [-0.4, -0.2) is 31.3 Å². The number of ether oxygens (including phenoxy) is 3. The number of aryl methyl sites for hydroxylation is 1. The molecule has 0 bridgehead atoms. The summed E-state index contributed by atoms with van der Waals surface area (Å²) in [6.45, 7) is 2.09. The molecular formula is C21H20FNO4. The molecule has 2 aromatic carbocycles. The summed E-state index contributed by atoms with van der Waals surface area (Å²) in [6, 6.07) is 13.7. The van der Waals surface area contributed by atoms with E-state index in [9.17, 15) is 9.18 Å². The molecule has 5 nitrogen and oxygen atoms in total. The van der Waals surface area contributed by atoms with Crippen LogP contribution in [0.4, 0.5) is 4.39 Å². The third-order valence-electron chi connectivity index (χ3n) is 4.12. The van der Waals surface area contributed by atoms with Gasteiger partial charge < -0.3 is 14.2 Å². The van der Waals surface area contributed by atoms with E-state index >= 15 is 0 Å². The highest BCUT2D eigenvalue weighted by Gasteiger charge is 2.20. The van der Waals surface area contributed by atoms with Crippen molar-refractivity contribution in [3.8, 4) is 5.75 Å². The molecule has 6 heteroatoms. The van der Waals surface area contributed by atoms with Crippen LogP contribution in [-0.2, 0) is 16.1 Å². The smallest absolute Gasteiger partial charge is 0.340 e. The number of hydrogen-bond acceptors (Lipinski definition) is 5. The zero-order valence-electron chi connectivity index (χ0n) is 15.2. The lowest BCUT2D eigenvalue weighted by Crippen LogP contribution is -2.17. The predicted molar refractivity (Wildman–Crippen MR) is 99.4 cm³/mol. The van der Waals surface area contributed by atoms with Gasteiger partial charge in [0.2, 0.25) is 0 Å². The molecule has 3 rings (SSSR count). The van der Waals surface area contributed by atoms with E-state index in [0.717, 1.165) is 16.5 Å². The summed E-state index contributed by atoms with van der Waals surface area (Å²) in [5.74, 6) is -0.840. The van der Waals surface area contributed by atoms with Crippen molar-refractivity contribution in [2.24, 2.45) is 0 Å². The second kappa shape index (κ2) is 8.60. The Hall–Kier alpha value is -2.99. The Morgan fingerprint density at radius 1 is 1.07 bits per heavy atom. The van der Waals surface area contributed by atoms with Crippen LogP contribution in [0.1, 0.15) is 21.6 Å². The summed E-state index contributed by atoms with van der Waals surface area (Å²) >= 11 is 0. The molecule has 0 atom stereocenters. The topological polar surface area (TPSA) is 57.7 Å². The maximum Gasteiger partial charge on any atom is 0.340 e. The highest BCUT2D eigenvalue weighted by Crippen LogP contribution is 2.24. The normalized spacial score (nSPS) is 10.8. The van der Waals surface area contributed by atoms with Crippen molar-refractivity contribution in [3.63, 3.8) is 0 Å². The molecule has 3 aromatic rings. The minimum Gasteiger partial charge on any atom is -0.487 e. The molecule has 0 spiro atoms. The van der Waals surface area contributed by atoms with E-state index < -0.39 is 11.8 Å². The zero-order valence-corrected chi connectivity index (χ0v) is 15.2. The number of esters is 1. The van der Waals surface area contributed by atoms with Crippen molar-refractivity contribution in [2.75, 3.05) is 20.3 Å². The van der Waals surface area contributed by atoms with Crippen molar-refractivity contribution in [3.05, 3.63) is 71.2 Å². The van der Waals surface area contributed by atoms with E-state index in [2.05, 4.69) is 4.98 Å². The van der Waals surface area contributed by atoms with Crippen molar-refractivity contribution >= 4 is 16.9 Å². The number of pyridine rings is 1. The van der Waals surface area contributed by atoms with Crippen LogP contribution in [0.25, 0.3) is 10.9 Å². The number of carbonyl (C=O) groups excluding carboxylic acids is 1. The Morgan fingerprint density at radius 2 is 1.81 bits per heavy atom. The van der Waals surface area contributed by atoms with E-state index in [1.165, 1.54) is 12.1 Å². The van der Waals surface area contributed by atoms with Gasteiger partial charge in [-0.15, -0.1) is 0 Å². The molecule has 0 aliphatic carbocycles. The lowest BCUT2D eigenvalue weighted by Gasteiger charge is -2.14. The van der Waals surface area contributed by atoms with Crippen molar-refractivity contribution in [1.29, 1.82) is 0 Å². The molecule has 27 heavy (non-hydrogen) atoms. The van der Waals surface area contributed by atoms with E-state index in [1.807, 2.05) is 31.2 Å². The lowest BCUT2D eigenvalue weighted by molar-refractivity contribution is 0.0442. The van der Waals surface area contributed by atoms with Crippen LogP contribution in [0.3, 0.4) is 0 Å². The highest BCUT2D eigenvalue weighted by atomic mass is 19.1. The monoisotopic (exact) mass is 369 g/mol. The number of fused-ring (bicyclic) bond motifs is 1. The molecular weight excluding hydrogens is 349 g/mol. The van der Waals surface area contributed by atoms with Gasteiger partial charge in [0.1, 0.15) is 13.2 Å². The summed E-state index contributed by atoms with van der Waals surface area (Å²) in [4.78, 5) is 17.2. The molecule has 0 amide bonds. The summed E-state index contributed by atoms with van der Waals surface area (Å²) < 4.78 is 29.3. The molecule has 0 fully saturated rings. The summed E-state index contributed by atoms with van der Waals surface area (Å²) in [5.41, 5.74) is 2.49. The van der Waals surface area contributed by atoms with Crippen molar-refractivity contribution in [2.45, 2.75) is 13.5 Å².